The fourth-order valence-corrected chi connectivity index (χ4v) is 2.55. The first kappa shape index (κ1) is 13.1. The zero-order valence-electron chi connectivity index (χ0n) is 11.4. The molecule has 0 aromatic carbocycles. The van der Waals surface area contributed by atoms with E-state index in [9.17, 15) is 4.79 Å². The summed E-state index contributed by atoms with van der Waals surface area (Å²) in [5, 5.41) is 7.67. The summed E-state index contributed by atoms with van der Waals surface area (Å²) in [6, 6.07) is 2.42. The van der Waals surface area contributed by atoms with Gasteiger partial charge in [-0.1, -0.05) is 6.92 Å². The van der Waals surface area contributed by atoms with Crippen LogP contribution in [-0.2, 0) is 7.05 Å². The Hall–Kier alpha value is -1.36. The van der Waals surface area contributed by atoms with E-state index in [0.29, 0.717) is 11.7 Å². The highest BCUT2D eigenvalue weighted by Gasteiger charge is 2.24. The summed E-state index contributed by atoms with van der Waals surface area (Å²) in [6.07, 6.45) is 2.08. The van der Waals surface area contributed by atoms with Crippen LogP contribution in [0.15, 0.2) is 6.07 Å². The second-order valence-electron chi connectivity index (χ2n) is 4.92. The number of carbonyl (C=O) groups is 1. The average molecular weight is 250 g/mol. The van der Waals surface area contributed by atoms with Crippen molar-refractivity contribution in [1.29, 1.82) is 0 Å². The average Bonchev–Trinajstić information content (AvgIpc) is 2.69. The van der Waals surface area contributed by atoms with E-state index in [4.69, 9.17) is 0 Å². The molecule has 1 fully saturated rings. The molecule has 0 spiro atoms. The number of carbonyl (C=O) groups excluding carboxylic acids is 1. The van der Waals surface area contributed by atoms with Crippen molar-refractivity contribution in [3.63, 3.8) is 0 Å². The maximum absolute atomic E-state index is 12.3. The SMILES string of the molecule is CCNC1CCN(C(=O)c2cc(C)nn2C)CC1. The second-order valence-corrected chi connectivity index (χ2v) is 4.92. The first-order valence-electron chi connectivity index (χ1n) is 6.65. The van der Waals surface area contributed by atoms with Gasteiger partial charge in [-0.2, -0.15) is 5.10 Å². The molecule has 1 amide bonds. The van der Waals surface area contributed by atoms with Crippen LogP contribution in [0.25, 0.3) is 0 Å². The molecule has 0 saturated carbocycles. The number of amides is 1. The first-order chi connectivity index (χ1) is 8.61. The molecular formula is C13H22N4O. The smallest absolute Gasteiger partial charge is 0.272 e. The lowest BCUT2D eigenvalue weighted by molar-refractivity contribution is 0.0694. The van der Waals surface area contributed by atoms with Gasteiger partial charge in [0.25, 0.3) is 5.91 Å². The molecule has 1 N–H and O–H groups in total. The van der Waals surface area contributed by atoms with Crippen LogP contribution in [0.5, 0.6) is 0 Å². The van der Waals surface area contributed by atoms with Crippen LogP contribution >= 0.6 is 0 Å². The summed E-state index contributed by atoms with van der Waals surface area (Å²) in [4.78, 5) is 14.3. The Morgan fingerprint density at radius 3 is 2.67 bits per heavy atom. The molecule has 5 nitrogen and oxygen atoms in total. The number of nitrogens with zero attached hydrogens (tertiary/aromatic N) is 3. The Labute approximate surface area is 108 Å². The molecule has 1 aliphatic heterocycles. The van der Waals surface area contributed by atoms with Crippen molar-refractivity contribution in [1.82, 2.24) is 20.0 Å². The molecule has 5 heteroatoms. The molecule has 1 aromatic heterocycles. The van der Waals surface area contributed by atoms with E-state index in [1.54, 1.807) is 4.68 Å². The van der Waals surface area contributed by atoms with Gasteiger partial charge >= 0.3 is 0 Å². The number of hydrogen-bond acceptors (Lipinski definition) is 3. The molecule has 0 radical (unpaired) electrons. The van der Waals surface area contributed by atoms with Crippen LogP contribution in [0.3, 0.4) is 0 Å². The van der Waals surface area contributed by atoms with Crippen LogP contribution in [0, 0.1) is 6.92 Å². The zero-order chi connectivity index (χ0) is 13.1. The quantitative estimate of drug-likeness (QED) is 0.868. The molecular weight excluding hydrogens is 228 g/mol. The van der Waals surface area contributed by atoms with Crippen molar-refractivity contribution in [3.05, 3.63) is 17.5 Å². The van der Waals surface area contributed by atoms with E-state index in [1.165, 1.54) is 0 Å². The van der Waals surface area contributed by atoms with Gasteiger partial charge in [-0.15, -0.1) is 0 Å². The minimum Gasteiger partial charge on any atom is -0.337 e. The van der Waals surface area contributed by atoms with E-state index < -0.39 is 0 Å². The Kier molecular flexibility index (Phi) is 4.01. The maximum atomic E-state index is 12.3. The monoisotopic (exact) mass is 250 g/mol. The maximum Gasteiger partial charge on any atom is 0.272 e. The second kappa shape index (κ2) is 5.52. The van der Waals surface area contributed by atoms with Crippen LogP contribution < -0.4 is 5.32 Å². The van der Waals surface area contributed by atoms with Crippen LogP contribution in [0.1, 0.15) is 35.9 Å². The third-order valence-electron chi connectivity index (χ3n) is 3.50. The lowest BCUT2D eigenvalue weighted by atomic mass is 10.0. The van der Waals surface area contributed by atoms with Crippen LogP contribution in [0.2, 0.25) is 0 Å². The number of likely N-dealkylation sites (tertiary alicyclic amines) is 1. The summed E-state index contributed by atoms with van der Waals surface area (Å²) in [5.74, 6) is 0.105. The molecule has 0 unspecified atom stereocenters. The lowest BCUT2D eigenvalue weighted by Crippen LogP contribution is -2.45. The summed E-state index contributed by atoms with van der Waals surface area (Å²) < 4.78 is 1.67. The van der Waals surface area contributed by atoms with Gasteiger partial charge in [-0.05, 0) is 32.4 Å². The van der Waals surface area contributed by atoms with Gasteiger partial charge in [0.05, 0.1) is 5.69 Å². The minimum atomic E-state index is 0.105. The number of aromatic nitrogens is 2. The van der Waals surface area contributed by atoms with Crippen molar-refractivity contribution in [2.45, 2.75) is 32.7 Å². The fourth-order valence-electron chi connectivity index (χ4n) is 2.55. The van der Waals surface area contributed by atoms with E-state index in [0.717, 1.165) is 38.2 Å². The van der Waals surface area contributed by atoms with Crippen LogP contribution in [-0.4, -0.2) is 46.3 Å². The molecule has 1 saturated heterocycles. The molecule has 1 aromatic rings. The summed E-state index contributed by atoms with van der Waals surface area (Å²) >= 11 is 0. The molecule has 2 heterocycles. The van der Waals surface area contributed by atoms with Crippen molar-refractivity contribution in [2.24, 2.45) is 7.05 Å². The van der Waals surface area contributed by atoms with Crippen molar-refractivity contribution in [3.8, 4) is 0 Å². The normalized spacial score (nSPS) is 17.2. The van der Waals surface area contributed by atoms with Gasteiger partial charge in [-0.3, -0.25) is 9.48 Å². The third kappa shape index (κ3) is 2.72. The number of rotatable bonds is 3. The predicted molar refractivity (Wildman–Crippen MR) is 70.5 cm³/mol. The van der Waals surface area contributed by atoms with Gasteiger partial charge in [0.15, 0.2) is 0 Å². The minimum absolute atomic E-state index is 0.105. The predicted octanol–water partition coefficient (Wildman–Crippen LogP) is 0.943. The summed E-state index contributed by atoms with van der Waals surface area (Å²) in [7, 11) is 1.83. The summed E-state index contributed by atoms with van der Waals surface area (Å²) in [6.45, 7) is 6.70. The van der Waals surface area contributed by atoms with Crippen molar-refractivity contribution in [2.75, 3.05) is 19.6 Å². The summed E-state index contributed by atoms with van der Waals surface area (Å²) in [5.41, 5.74) is 1.58. The fraction of sp³-hybridized carbons (Fsp3) is 0.692. The standard InChI is InChI=1S/C13H22N4O/c1-4-14-11-5-7-17(8-6-11)13(18)12-9-10(2)15-16(12)3/h9,11,14H,4-8H2,1-3H3. The highest BCUT2D eigenvalue weighted by atomic mass is 16.2. The van der Waals surface area contributed by atoms with E-state index in [2.05, 4.69) is 17.3 Å². The molecule has 2 rings (SSSR count). The van der Waals surface area contributed by atoms with Gasteiger partial charge < -0.3 is 10.2 Å². The molecule has 18 heavy (non-hydrogen) atoms. The molecule has 0 aliphatic carbocycles. The van der Waals surface area contributed by atoms with Gasteiger partial charge in [0, 0.05) is 26.2 Å². The largest absolute Gasteiger partial charge is 0.337 e. The Morgan fingerprint density at radius 1 is 1.50 bits per heavy atom. The molecule has 100 valence electrons. The number of hydrogen-bond donors (Lipinski definition) is 1. The van der Waals surface area contributed by atoms with Crippen molar-refractivity contribution >= 4 is 5.91 Å². The highest BCUT2D eigenvalue weighted by molar-refractivity contribution is 5.92. The molecule has 1 aliphatic rings. The Morgan fingerprint density at radius 2 is 2.17 bits per heavy atom. The lowest BCUT2D eigenvalue weighted by Gasteiger charge is -2.32. The van der Waals surface area contributed by atoms with Gasteiger partial charge in [0.2, 0.25) is 0 Å². The number of aryl methyl sites for hydroxylation is 2. The van der Waals surface area contributed by atoms with Crippen molar-refractivity contribution < 1.29 is 4.79 Å². The Balaban J connectivity index is 1.97. The topological polar surface area (TPSA) is 50.2 Å². The van der Waals surface area contributed by atoms with E-state index in [1.807, 2.05) is 24.9 Å². The third-order valence-corrected chi connectivity index (χ3v) is 3.50. The van der Waals surface area contributed by atoms with E-state index in [-0.39, 0.29) is 5.91 Å². The van der Waals surface area contributed by atoms with Gasteiger partial charge in [0.1, 0.15) is 5.69 Å². The van der Waals surface area contributed by atoms with E-state index >= 15 is 0 Å². The van der Waals surface area contributed by atoms with Gasteiger partial charge in [-0.25, -0.2) is 0 Å². The molecule has 0 bridgehead atoms. The number of piperidine rings is 1. The molecule has 0 atom stereocenters. The first-order valence-corrected chi connectivity index (χ1v) is 6.65. The van der Waals surface area contributed by atoms with Crippen LogP contribution in [0.4, 0.5) is 0 Å². The zero-order valence-corrected chi connectivity index (χ0v) is 11.4. The highest BCUT2D eigenvalue weighted by Crippen LogP contribution is 2.14. The number of nitrogens with one attached hydrogen (secondary N) is 1. The Bertz CT molecular complexity index is 419.